The quantitative estimate of drug-likeness (QED) is 0.811. The van der Waals surface area contributed by atoms with Gasteiger partial charge in [-0.15, -0.1) is 0 Å². The Balaban J connectivity index is 2.13. The van der Waals surface area contributed by atoms with Crippen LogP contribution in [0.25, 0.3) is 5.57 Å². The lowest BCUT2D eigenvalue weighted by Crippen LogP contribution is -2.12. The average Bonchev–Trinajstić information content (AvgIpc) is 2.76. The van der Waals surface area contributed by atoms with E-state index in [0.29, 0.717) is 13.0 Å². The summed E-state index contributed by atoms with van der Waals surface area (Å²) >= 11 is 0. The standard InChI is InChI=1S/C22H25NO2/c1-16(24)13-17-10-11-22-21(14-17)20(9-6-12-23(2)3)19-8-5-4-7-18(19)15-25-22/h4-5,7-11,14,24H,1,6,12-13,15H2,2-3H3/b20-9-/i12D2. The van der Waals surface area contributed by atoms with Gasteiger partial charge in [0, 0.05) is 21.2 Å². The van der Waals surface area contributed by atoms with Crippen LogP contribution in [0.4, 0.5) is 0 Å². The molecule has 1 heterocycles. The molecular weight excluding hydrogens is 310 g/mol. The summed E-state index contributed by atoms with van der Waals surface area (Å²) in [6.07, 6.45) is 2.57. The number of hydrogen-bond acceptors (Lipinski definition) is 3. The summed E-state index contributed by atoms with van der Waals surface area (Å²) in [6, 6.07) is 13.9. The van der Waals surface area contributed by atoms with Gasteiger partial charge in [0.15, 0.2) is 0 Å². The molecule has 1 aliphatic rings. The van der Waals surface area contributed by atoms with Gasteiger partial charge >= 0.3 is 0 Å². The molecule has 0 fully saturated rings. The van der Waals surface area contributed by atoms with Gasteiger partial charge in [-0.2, -0.15) is 0 Å². The van der Waals surface area contributed by atoms with Gasteiger partial charge in [-0.1, -0.05) is 43.0 Å². The molecule has 2 aromatic rings. The van der Waals surface area contributed by atoms with E-state index < -0.39 is 6.50 Å². The normalized spacial score (nSPS) is 16.4. The van der Waals surface area contributed by atoms with Crippen molar-refractivity contribution in [2.75, 3.05) is 20.6 Å². The van der Waals surface area contributed by atoms with Crippen molar-refractivity contribution < 1.29 is 12.6 Å². The van der Waals surface area contributed by atoms with Crippen molar-refractivity contribution >= 4 is 5.57 Å². The van der Waals surface area contributed by atoms with E-state index in [1.54, 1.807) is 19.0 Å². The van der Waals surface area contributed by atoms with Crippen LogP contribution in [-0.2, 0) is 13.0 Å². The molecule has 0 atom stereocenters. The van der Waals surface area contributed by atoms with Gasteiger partial charge in [0.25, 0.3) is 0 Å². The van der Waals surface area contributed by atoms with Crippen molar-refractivity contribution in [3.05, 3.63) is 83.1 Å². The first kappa shape index (κ1) is 14.8. The molecule has 130 valence electrons. The summed E-state index contributed by atoms with van der Waals surface area (Å²) in [4.78, 5) is 1.58. The molecule has 1 N–H and O–H groups in total. The Bertz CT molecular complexity index is 888. The number of allylic oxidation sites excluding steroid dienone is 1. The number of rotatable bonds is 5. The van der Waals surface area contributed by atoms with Gasteiger partial charge in [0.2, 0.25) is 0 Å². The highest BCUT2D eigenvalue weighted by Crippen LogP contribution is 2.37. The highest BCUT2D eigenvalue weighted by molar-refractivity contribution is 5.85. The molecule has 1 aliphatic heterocycles. The Morgan fingerprint density at radius 1 is 1.28 bits per heavy atom. The fourth-order valence-corrected chi connectivity index (χ4v) is 3.02. The van der Waals surface area contributed by atoms with Crippen molar-refractivity contribution in [1.29, 1.82) is 0 Å². The van der Waals surface area contributed by atoms with Gasteiger partial charge < -0.3 is 14.7 Å². The summed E-state index contributed by atoms with van der Waals surface area (Å²) < 4.78 is 22.5. The van der Waals surface area contributed by atoms with Crippen LogP contribution in [0.2, 0.25) is 0 Å². The minimum absolute atomic E-state index is 0.111. The second-order valence-corrected chi connectivity index (χ2v) is 6.39. The van der Waals surface area contributed by atoms with Crippen LogP contribution < -0.4 is 4.74 Å². The fourth-order valence-electron chi connectivity index (χ4n) is 3.02. The minimum Gasteiger partial charge on any atom is -0.513 e. The molecule has 0 aromatic heterocycles. The lowest BCUT2D eigenvalue weighted by atomic mass is 9.92. The molecule has 3 nitrogen and oxygen atoms in total. The number of ether oxygens (including phenoxy) is 1. The third-order valence-corrected chi connectivity index (χ3v) is 4.15. The average molecular weight is 337 g/mol. The van der Waals surface area contributed by atoms with Gasteiger partial charge in [0.1, 0.15) is 12.4 Å². The second kappa shape index (κ2) is 7.58. The van der Waals surface area contributed by atoms with Crippen LogP contribution in [0.5, 0.6) is 5.75 Å². The smallest absolute Gasteiger partial charge is 0.127 e. The Hall–Kier alpha value is -2.52. The molecule has 0 radical (unpaired) electrons. The molecule has 0 saturated heterocycles. The van der Waals surface area contributed by atoms with E-state index in [0.717, 1.165) is 33.6 Å². The number of aliphatic hydroxyl groups is 1. The zero-order valence-electron chi connectivity index (χ0n) is 16.7. The molecule has 0 aliphatic carbocycles. The Labute approximate surface area is 152 Å². The lowest BCUT2D eigenvalue weighted by molar-refractivity contribution is 0.307. The van der Waals surface area contributed by atoms with Gasteiger partial charge in [-0.05, 0) is 54.9 Å². The predicted molar refractivity (Wildman–Crippen MR) is 103 cm³/mol. The Morgan fingerprint density at radius 3 is 2.84 bits per heavy atom. The number of nitrogens with zero attached hydrogens (tertiary/aromatic N) is 1. The van der Waals surface area contributed by atoms with Crippen molar-refractivity contribution in [1.82, 2.24) is 4.90 Å². The Morgan fingerprint density at radius 2 is 2.08 bits per heavy atom. The molecule has 2 aromatic carbocycles. The summed E-state index contributed by atoms with van der Waals surface area (Å²) in [6.45, 7) is 2.59. The summed E-state index contributed by atoms with van der Waals surface area (Å²) in [5, 5.41) is 9.56. The van der Waals surface area contributed by atoms with Crippen molar-refractivity contribution in [3.8, 4) is 5.75 Å². The van der Waals surface area contributed by atoms with Crippen LogP contribution in [0.15, 0.2) is 60.9 Å². The van der Waals surface area contributed by atoms with Crippen LogP contribution in [0, 0.1) is 0 Å². The maximum Gasteiger partial charge on any atom is 0.127 e. The van der Waals surface area contributed by atoms with Crippen LogP contribution in [0.1, 0.15) is 31.4 Å². The molecule has 3 rings (SSSR count). The third-order valence-electron chi connectivity index (χ3n) is 4.15. The number of benzene rings is 2. The molecule has 0 unspecified atom stereocenters. The first-order valence-electron chi connectivity index (χ1n) is 9.36. The zero-order chi connectivity index (χ0) is 19.6. The second-order valence-electron chi connectivity index (χ2n) is 6.39. The van der Waals surface area contributed by atoms with Crippen LogP contribution >= 0.6 is 0 Å². The highest BCUT2D eigenvalue weighted by Gasteiger charge is 2.19. The zero-order valence-corrected chi connectivity index (χ0v) is 14.7. The number of fused-ring (bicyclic) bond motifs is 2. The lowest BCUT2D eigenvalue weighted by Gasteiger charge is -2.13. The summed E-state index contributed by atoms with van der Waals surface area (Å²) in [5.41, 5.74) is 4.91. The van der Waals surface area contributed by atoms with Crippen molar-refractivity contribution in [2.24, 2.45) is 0 Å². The van der Waals surface area contributed by atoms with Crippen molar-refractivity contribution in [3.63, 3.8) is 0 Å². The number of hydrogen-bond donors (Lipinski definition) is 1. The molecular formula is C22H25NO2. The predicted octanol–water partition coefficient (Wildman–Crippen LogP) is 4.58. The van der Waals surface area contributed by atoms with Gasteiger partial charge in [-0.25, -0.2) is 0 Å². The molecule has 3 heteroatoms. The third kappa shape index (κ3) is 4.12. The summed E-state index contributed by atoms with van der Waals surface area (Å²) in [7, 11) is 3.48. The molecule has 0 amide bonds. The maximum absolute atomic E-state index is 9.56. The van der Waals surface area contributed by atoms with E-state index in [1.165, 1.54) is 0 Å². The molecule has 25 heavy (non-hydrogen) atoms. The molecule has 0 spiro atoms. The fraction of sp³-hybridized carbons (Fsp3) is 0.273. The minimum atomic E-state index is -1.45. The van der Waals surface area contributed by atoms with Gasteiger partial charge in [0.05, 0.1) is 5.76 Å². The van der Waals surface area contributed by atoms with E-state index in [9.17, 15) is 5.11 Å². The van der Waals surface area contributed by atoms with Crippen LogP contribution in [0.3, 0.4) is 0 Å². The van der Waals surface area contributed by atoms with E-state index in [-0.39, 0.29) is 12.2 Å². The monoisotopic (exact) mass is 337 g/mol. The van der Waals surface area contributed by atoms with E-state index in [1.807, 2.05) is 48.5 Å². The number of aliphatic hydroxyl groups excluding tert-OH is 1. The molecule has 0 bridgehead atoms. The van der Waals surface area contributed by atoms with E-state index in [4.69, 9.17) is 7.48 Å². The maximum atomic E-state index is 9.56. The first-order chi connectivity index (χ1) is 12.8. The van der Waals surface area contributed by atoms with Gasteiger partial charge in [-0.3, -0.25) is 0 Å². The largest absolute Gasteiger partial charge is 0.513 e. The van der Waals surface area contributed by atoms with E-state index in [2.05, 4.69) is 6.58 Å². The topological polar surface area (TPSA) is 32.7 Å². The van der Waals surface area contributed by atoms with Crippen molar-refractivity contribution in [2.45, 2.75) is 19.4 Å². The Kier molecular flexibility index (Phi) is 4.48. The summed E-state index contributed by atoms with van der Waals surface area (Å²) in [5.74, 6) is 0.870. The first-order valence-corrected chi connectivity index (χ1v) is 8.36. The highest BCUT2D eigenvalue weighted by atomic mass is 16.5. The molecule has 0 saturated carbocycles. The van der Waals surface area contributed by atoms with Crippen LogP contribution in [-0.4, -0.2) is 30.6 Å². The SMILES string of the molecule is [2H]C([2H])(C/C=C1/c2ccccc2COc2ccc(CC(=C)O)cc21)N(C)C. The van der Waals surface area contributed by atoms with E-state index >= 15 is 0 Å².